The van der Waals surface area contributed by atoms with Crippen molar-refractivity contribution in [3.8, 4) is 0 Å². The predicted octanol–water partition coefficient (Wildman–Crippen LogP) is 4.08. The summed E-state index contributed by atoms with van der Waals surface area (Å²) < 4.78 is 0. The molecule has 0 aromatic heterocycles. The highest BCUT2D eigenvalue weighted by Gasteiger charge is 2.39. The number of fused-ring (bicyclic) bond motifs is 1. The van der Waals surface area contributed by atoms with E-state index in [-0.39, 0.29) is 0 Å². The highest BCUT2D eigenvalue weighted by molar-refractivity contribution is 6.07. The second-order valence-electron chi connectivity index (χ2n) is 7.01. The summed E-state index contributed by atoms with van der Waals surface area (Å²) in [5, 5.41) is 7.03. The van der Waals surface area contributed by atoms with Crippen molar-refractivity contribution in [3.63, 3.8) is 0 Å². The van der Waals surface area contributed by atoms with E-state index in [0.717, 1.165) is 17.8 Å². The SMILES string of the molecule is CN1N=C2/C(=C/c3ccc(N)cc3)CCCC2C1c1ccc(N)cc1. The first kappa shape index (κ1) is 15.8. The van der Waals surface area contributed by atoms with Crippen LogP contribution in [0.3, 0.4) is 0 Å². The molecule has 0 saturated heterocycles. The molecule has 2 unspecified atom stereocenters. The molecule has 0 bridgehead atoms. The summed E-state index contributed by atoms with van der Waals surface area (Å²) in [6.45, 7) is 0. The average molecular weight is 332 g/mol. The molecule has 4 N–H and O–H groups in total. The van der Waals surface area contributed by atoms with Gasteiger partial charge in [-0.1, -0.05) is 24.3 Å². The number of nitrogens with zero attached hydrogens (tertiary/aromatic N) is 2. The Labute approximate surface area is 148 Å². The average Bonchev–Trinajstić information content (AvgIpc) is 2.95. The third kappa shape index (κ3) is 3.00. The Morgan fingerprint density at radius 1 is 1.00 bits per heavy atom. The number of anilines is 2. The molecule has 25 heavy (non-hydrogen) atoms. The van der Waals surface area contributed by atoms with Crippen LogP contribution in [0.4, 0.5) is 11.4 Å². The van der Waals surface area contributed by atoms with Gasteiger partial charge in [-0.3, -0.25) is 5.01 Å². The van der Waals surface area contributed by atoms with Crippen molar-refractivity contribution < 1.29 is 0 Å². The Kier molecular flexibility index (Phi) is 3.96. The van der Waals surface area contributed by atoms with Gasteiger partial charge in [-0.25, -0.2) is 0 Å². The molecule has 4 nitrogen and oxygen atoms in total. The van der Waals surface area contributed by atoms with Crippen molar-refractivity contribution in [2.45, 2.75) is 25.3 Å². The molecule has 1 aliphatic heterocycles. The lowest BCUT2D eigenvalue weighted by Crippen LogP contribution is -2.26. The summed E-state index contributed by atoms with van der Waals surface area (Å²) in [5.41, 5.74) is 18.3. The standard InChI is InChI=1S/C21H24N4/c1-25-21(15-7-11-18(23)12-8-15)19-4-2-3-16(20(19)24-25)13-14-5-9-17(22)10-6-14/h5-13,19,21H,2-4,22-23H2,1H3/b16-13+. The van der Waals surface area contributed by atoms with Gasteiger partial charge in [0.1, 0.15) is 0 Å². The fraction of sp³-hybridized carbons (Fsp3) is 0.286. The van der Waals surface area contributed by atoms with E-state index in [1.807, 2.05) is 24.3 Å². The van der Waals surface area contributed by atoms with E-state index in [1.165, 1.54) is 35.3 Å². The van der Waals surface area contributed by atoms with Crippen molar-refractivity contribution in [2.24, 2.45) is 11.0 Å². The quantitative estimate of drug-likeness (QED) is 0.814. The third-order valence-electron chi connectivity index (χ3n) is 5.25. The molecule has 1 fully saturated rings. The fourth-order valence-corrected chi connectivity index (χ4v) is 4.03. The molecule has 0 amide bonds. The van der Waals surface area contributed by atoms with Crippen molar-refractivity contribution in [1.82, 2.24) is 5.01 Å². The largest absolute Gasteiger partial charge is 0.399 e. The Morgan fingerprint density at radius 2 is 1.64 bits per heavy atom. The van der Waals surface area contributed by atoms with Gasteiger partial charge in [0.05, 0.1) is 11.8 Å². The number of hydrazone groups is 1. The number of nitrogens with two attached hydrogens (primary N) is 2. The number of nitrogen functional groups attached to an aromatic ring is 2. The number of rotatable bonds is 2. The van der Waals surface area contributed by atoms with E-state index in [9.17, 15) is 0 Å². The zero-order chi connectivity index (χ0) is 17.4. The maximum absolute atomic E-state index is 5.85. The van der Waals surface area contributed by atoms with Gasteiger partial charge in [0, 0.05) is 24.3 Å². The molecule has 0 spiro atoms. The normalized spacial score (nSPS) is 24.3. The second kappa shape index (κ2) is 6.28. The van der Waals surface area contributed by atoms with Gasteiger partial charge in [0.15, 0.2) is 0 Å². The number of benzene rings is 2. The van der Waals surface area contributed by atoms with E-state index >= 15 is 0 Å². The first-order chi connectivity index (χ1) is 12.1. The van der Waals surface area contributed by atoms with Crippen molar-refractivity contribution in [3.05, 3.63) is 65.2 Å². The molecule has 4 heteroatoms. The van der Waals surface area contributed by atoms with Crippen LogP contribution >= 0.6 is 0 Å². The van der Waals surface area contributed by atoms with Crippen LogP contribution in [0.5, 0.6) is 0 Å². The molecule has 0 radical (unpaired) electrons. The van der Waals surface area contributed by atoms with E-state index in [0.29, 0.717) is 12.0 Å². The summed E-state index contributed by atoms with van der Waals surface area (Å²) in [4.78, 5) is 0. The molecule has 2 aromatic carbocycles. The Morgan fingerprint density at radius 3 is 2.32 bits per heavy atom. The molecular weight excluding hydrogens is 308 g/mol. The second-order valence-corrected chi connectivity index (χ2v) is 7.01. The molecule has 1 heterocycles. The Hall–Kier alpha value is -2.75. The van der Waals surface area contributed by atoms with Crippen LogP contribution in [0.15, 0.2) is 59.2 Å². The van der Waals surface area contributed by atoms with Crippen molar-refractivity contribution >= 4 is 23.2 Å². The Bertz CT molecular complexity index is 818. The van der Waals surface area contributed by atoms with Crippen molar-refractivity contribution in [1.29, 1.82) is 0 Å². The summed E-state index contributed by atoms with van der Waals surface area (Å²) in [7, 11) is 2.08. The van der Waals surface area contributed by atoms with Gasteiger partial charge < -0.3 is 11.5 Å². The fourth-order valence-electron chi connectivity index (χ4n) is 4.03. The van der Waals surface area contributed by atoms with Crippen LogP contribution in [0, 0.1) is 5.92 Å². The van der Waals surface area contributed by atoms with E-state index in [2.05, 4.69) is 42.4 Å². The lowest BCUT2D eigenvalue weighted by molar-refractivity contribution is 0.241. The molecule has 1 aliphatic carbocycles. The molecular formula is C21H24N4. The molecule has 4 rings (SSSR count). The molecule has 1 saturated carbocycles. The van der Waals surface area contributed by atoms with Crippen LogP contribution in [0.25, 0.3) is 6.08 Å². The maximum Gasteiger partial charge on any atom is 0.0801 e. The minimum Gasteiger partial charge on any atom is -0.399 e. The van der Waals surface area contributed by atoms with Crippen LogP contribution in [0.2, 0.25) is 0 Å². The number of allylic oxidation sites excluding steroid dienone is 1. The third-order valence-corrected chi connectivity index (χ3v) is 5.25. The van der Waals surface area contributed by atoms with Gasteiger partial charge in [0.2, 0.25) is 0 Å². The van der Waals surface area contributed by atoms with Crippen LogP contribution in [0.1, 0.15) is 36.4 Å². The first-order valence-electron chi connectivity index (χ1n) is 8.85. The maximum atomic E-state index is 5.85. The van der Waals surface area contributed by atoms with Crippen LogP contribution in [-0.4, -0.2) is 17.8 Å². The van der Waals surface area contributed by atoms with Gasteiger partial charge >= 0.3 is 0 Å². The topological polar surface area (TPSA) is 67.6 Å². The summed E-state index contributed by atoms with van der Waals surface area (Å²) in [6.07, 6.45) is 5.73. The zero-order valence-corrected chi connectivity index (χ0v) is 14.5. The van der Waals surface area contributed by atoms with Gasteiger partial charge in [0.25, 0.3) is 0 Å². The smallest absolute Gasteiger partial charge is 0.0801 e. The molecule has 128 valence electrons. The van der Waals surface area contributed by atoms with Gasteiger partial charge in [-0.2, -0.15) is 5.10 Å². The predicted molar refractivity (Wildman–Crippen MR) is 105 cm³/mol. The highest BCUT2D eigenvalue weighted by Crippen LogP contribution is 2.43. The van der Waals surface area contributed by atoms with E-state index in [1.54, 1.807) is 0 Å². The number of hydrogen-bond donors (Lipinski definition) is 2. The zero-order valence-electron chi connectivity index (χ0n) is 14.5. The minimum absolute atomic E-state index is 0.297. The minimum atomic E-state index is 0.297. The van der Waals surface area contributed by atoms with Crippen LogP contribution < -0.4 is 11.5 Å². The first-order valence-corrected chi connectivity index (χ1v) is 8.85. The van der Waals surface area contributed by atoms with E-state index in [4.69, 9.17) is 16.6 Å². The lowest BCUT2D eigenvalue weighted by Gasteiger charge is -2.29. The van der Waals surface area contributed by atoms with Crippen LogP contribution in [-0.2, 0) is 0 Å². The highest BCUT2D eigenvalue weighted by atomic mass is 15.5. The lowest BCUT2D eigenvalue weighted by atomic mass is 9.77. The van der Waals surface area contributed by atoms with Crippen molar-refractivity contribution in [2.75, 3.05) is 18.5 Å². The monoisotopic (exact) mass is 332 g/mol. The van der Waals surface area contributed by atoms with E-state index < -0.39 is 0 Å². The molecule has 2 aromatic rings. The number of hydrogen-bond acceptors (Lipinski definition) is 4. The molecule has 2 aliphatic rings. The summed E-state index contributed by atoms with van der Waals surface area (Å²) in [5.74, 6) is 0.447. The summed E-state index contributed by atoms with van der Waals surface area (Å²) in [6, 6.07) is 16.6. The van der Waals surface area contributed by atoms with Gasteiger partial charge in [-0.15, -0.1) is 0 Å². The van der Waals surface area contributed by atoms with Gasteiger partial charge in [-0.05, 0) is 66.3 Å². The summed E-state index contributed by atoms with van der Waals surface area (Å²) >= 11 is 0. The Balaban J connectivity index is 1.65. The molecule has 2 atom stereocenters.